The zero-order valence-corrected chi connectivity index (χ0v) is 15.6. The molecule has 9 heteroatoms. The van der Waals surface area contributed by atoms with Crippen molar-refractivity contribution >= 4 is 29.1 Å². The van der Waals surface area contributed by atoms with E-state index in [2.05, 4.69) is 10.3 Å². The SMILES string of the molecule is NCc1cn(C2CCN(C(=O)c3ccc(Cl)c(N4CCCC4=O)c3)C2)nn1. The fraction of sp³-hybridized carbons (Fsp3) is 0.444. The van der Waals surface area contributed by atoms with Crippen LogP contribution in [0.5, 0.6) is 0 Å². The molecular weight excluding hydrogens is 368 g/mol. The van der Waals surface area contributed by atoms with Crippen molar-refractivity contribution in [2.24, 2.45) is 5.73 Å². The second kappa shape index (κ2) is 7.28. The monoisotopic (exact) mass is 388 g/mol. The average Bonchev–Trinajstić information content (AvgIpc) is 3.41. The van der Waals surface area contributed by atoms with Crippen molar-refractivity contribution in [1.29, 1.82) is 0 Å². The normalized spacial score (nSPS) is 19.9. The van der Waals surface area contributed by atoms with E-state index < -0.39 is 0 Å². The Morgan fingerprint density at radius 1 is 1.33 bits per heavy atom. The maximum absolute atomic E-state index is 13.0. The Morgan fingerprint density at radius 3 is 2.89 bits per heavy atom. The maximum Gasteiger partial charge on any atom is 0.254 e. The number of carbonyl (C=O) groups excluding carboxylic acids is 2. The number of carbonyl (C=O) groups is 2. The second-order valence-corrected chi connectivity index (χ2v) is 7.31. The highest BCUT2D eigenvalue weighted by Crippen LogP contribution is 2.31. The molecule has 0 radical (unpaired) electrons. The number of hydrogen-bond donors (Lipinski definition) is 1. The quantitative estimate of drug-likeness (QED) is 0.858. The average molecular weight is 389 g/mol. The van der Waals surface area contributed by atoms with Crippen LogP contribution in [0.4, 0.5) is 5.69 Å². The van der Waals surface area contributed by atoms with E-state index in [0.29, 0.717) is 48.9 Å². The van der Waals surface area contributed by atoms with Crippen LogP contribution in [-0.4, -0.2) is 51.3 Å². The number of likely N-dealkylation sites (tertiary alicyclic amines) is 1. The Morgan fingerprint density at radius 2 is 2.19 bits per heavy atom. The van der Waals surface area contributed by atoms with Crippen molar-refractivity contribution in [3.63, 3.8) is 0 Å². The molecule has 1 atom stereocenters. The Bertz CT molecular complexity index is 882. The molecule has 0 spiro atoms. The van der Waals surface area contributed by atoms with Crippen LogP contribution in [0.3, 0.4) is 0 Å². The fourth-order valence-corrected chi connectivity index (χ4v) is 3.89. The standard InChI is InChI=1S/C18H21ClN6O2/c19-15-4-3-12(8-16(15)24-6-1-2-17(24)26)18(27)23-7-5-14(11-23)25-10-13(9-20)21-22-25/h3-4,8,10,14H,1-2,5-7,9,11,20H2. The molecule has 0 saturated carbocycles. The van der Waals surface area contributed by atoms with Crippen molar-refractivity contribution in [2.75, 3.05) is 24.5 Å². The van der Waals surface area contributed by atoms with Gasteiger partial charge in [0.2, 0.25) is 5.91 Å². The first-order chi connectivity index (χ1) is 13.1. The minimum absolute atomic E-state index is 0.0459. The number of nitrogens with zero attached hydrogens (tertiary/aromatic N) is 5. The molecule has 2 aromatic rings. The lowest BCUT2D eigenvalue weighted by atomic mass is 10.1. The highest BCUT2D eigenvalue weighted by atomic mass is 35.5. The van der Waals surface area contributed by atoms with Gasteiger partial charge in [0.05, 0.1) is 28.6 Å². The van der Waals surface area contributed by atoms with E-state index >= 15 is 0 Å². The van der Waals surface area contributed by atoms with Gasteiger partial charge in [-0.3, -0.25) is 9.59 Å². The van der Waals surface area contributed by atoms with Gasteiger partial charge in [-0.2, -0.15) is 0 Å². The van der Waals surface area contributed by atoms with E-state index in [4.69, 9.17) is 17.3 Å². The zero-order valence-electron chi connectivity index (χ0n) is 14.8. The summed E-state index contributed by atoms with van der Waals surface area (Å²) in [5, 5.41) is 8.61. The summed E-state index contributed by atoms with van der Waals surface area (Å²) < 4.78 is 1.78. The highest BCUT2D eigenvalue weighted by Gasteiger charge is 2.30. The molecule has 2 amide bonds. The Labute approximate surface area is 161 Å². The molecule has 2 aliphatic rings. The summed E-state index contributed by atoms with van der Waals surface area (Å²) in [5.74, 6) is -0.0224. The van der Waals surface area contributed by atoms with E-state index in [1.54, 1.807) is 32.7 Å². The fourth-order valence-electron chi connectivity index (χ4n) is 3.67. The van der Waals surface area contributed by atoms with Crippen LogP contribution in [0.25, 0.3) is 0 Å². The van der Waals surface area contributed by atoms with E-state index in [-0.39, 0.29) is 17.9 Å². The van der Waals surface area contributed by atoms with Crippen molar-refractivity contribution in [1.82, 2.24) is 19.9 Å². The number of benzene rings is 1. The lowest BCUT2D eigenvalue weighted by molar-refractivity contribution is -0.117. The molecule has 4 rings (SSSR count). The van der Waals surface area contributed by atoms with E-state index in [9.17, 15) is 9.59 Å². The summed E-state index contributed by atoms with van der Waals surface area (Å²) in [7, 11) is 0. The Hall–Kier alpha value is -2.45. The third-order valence-corrected chi connectivity index (χ3v) is 5.47. The van der Waals surface area contributed by atoms with Crippen molar-refractivity contribution in [3.05, 3.63) is 40.7 Å². The molecule has 0 aliphatic carbocycles. The van der Waals surface area contributed by atoms with Crippen LogP contribution < -0.4 is 10.6 Å². The van der Waals surface area contributed by atoms with E-state index in [0.717, 1.165) is 18.5 Å². The van der Waals surface area contributed by atoms with Gasteiger partial charge in [-0.05, 0) is 31.0 Å². The lowest BCUT2D eigenvalue weighted by Crippen LogP contribution is -2.30. The molecule has 3 heterocycles. The number of aromatic nitrogens is 3. The molecule has 2 aliphatic heterocycles. The molecule has 27 heavy (non-hydrogen) atoms. The summed E-state index contributed by atoms with van der Waals surface area (Å²) in [6.45, 7) is 2.19. The van der Waals surface area contributed by atoms with Crippen LogP contribution in [0, 0.1) is 0 Å². The Kier molecular flexibility index (Phi) is 4.84. The van der Waals surface area contributed by atoms with Gasteiger partial charge >= 0.3 is 0 Å². The van der Waals surface area contributed by atoms with Crippen LogP contribution in [0.15, 0.2) is 24.4 Å². The summed E-state index contributed by atoms with van der Waals surface area (Å²) in [6.07, 6.45) is 3.97. The minimum Gasteiger partial charge on any atom is -0.336 e. The molecule has 0 bridgehead atoms. The molecule has 2 saturated heterocycles. The predicted molar refractivity (Wildman–Crippen MR) is 101 cm³/mol. The molecule has 2 N–H and O–H groups in total. The van der Waals surface area contributed by atoms with Gasteiger partial charge in [-0.1, -0.05) is 16.8 Å². The van der Waals surface area contributed by atoms with Crippen molar-refractivity contribution in [3.8, 4) is 0 Å². The summed E-state index contributed by atoms with van der Waals surface area (Å²) >= 11 is 6.28. The summed E-state index contributed by atoms with van der Waals surface area (Å²) in [6, 6.07) is 5.22. The first-order valence-corrected chi connectivity index (χ1v) is 9.44. The van der Waals surface area contributed by atoms with E-state index in [1.807, 2.05) is 6.20 Å². The Balaban J connectivity index is 1.50. The van der Waals surface area contributed by atoms with Gasteiger partial charge in [-0.15, -0.1) is 5.10 Å². The molecule has 142 valence electrons. The smallest absolute Gasteiger partial charge is 0.254 e. The number of anilines is 1. The maximum atomic E-state index is 13.0. The first-order valence-electron chi connectivity index (χ1n) is 9.07. The number of hydrogen-bond acceptors (Lipinski definition) is 5. The third kappa shape index (κ3) is 3.42. The number of halogens is 1. The minimum atomic E-state index is -0.0683. The number of nitrogens with two attached hydrogens (primary N) is 1. The van der Waals surface area contributed by atoms with Crippen LogP contribution in [0.1, 0.15) is 41.4 Å². The van der Waals surface area contributed by atoms with Crippen LogP contribution in [-0.2, 0) is 11.3 Å². The molecule has 1 aromatic heterocycles. The van der Waals surface area contributed by atoms with Gasteiger partial charge in [0, 0.05) is 38.2 Å². The molecule has 1 unspecified atom stereocenters. The molecule has 2 fully saturated rings. The van der Waals surface area contributed by atoms with Crippen LogP contribution in [0.2, 0.25) is 5.02 Å². The third-order valence-electron chi connectivity index (χ3n) is 5.15. The van der Waals surface area contributed by atoms with Gasteiger partial charge < -0.3 is 15.5 Å². The van der Waals surface area contributed by atoms with Gasteiger partial charge in [0.1, 0.15) is 0 Å². The molecular formula is C18H21ClN6O2. The summed E-state index contributed by atoms with van der Waals surface area (Å²) in [5.41, 5.74) is 7.47. The number of rotatable bonds is 4. The largest absolute Gasteiger partial charge is 0.336 e. The lowest BCUT2D eigenvalue weighted by Gasteiger charge is -2.20. The summed E-state index contributed by atoms with van der Waals surface area (Å²) in [4.78, 5) is 28.5. The number of amides is 2. The van der Waals surface area contributed by atoms with Gasteiger partial charge in [-0.25, -0.2) is 4.68 Å². The van der Waals surface area contributed by atoms with Gasteiger partial charge in [0.15, 0.2) is 0 Å². The van der Waals surface area contributed by atoms with E-state index in [1.165, 1.54) is 0 Å². The zero-order chi connectivity index (χ0) is 19.0. The molecule has 8 nitrogen and oxygen atoms in total. The van der Waals surface area contributed by atoms with Gasteiger partial charge in [0.25, 0.3) is 5.91 Å². The predicted octanol–water partition coefficient (Wildman–Crippen LogP) is 1.60. The second-order valence-electron chi connectivity index (χ2n) is 6.90. The van der Waals surface area contributed by atoms with Crippen molar-refractivity contribution < 1.29 is 9.59 Å². The first kappa shape index (κ1) is 17.9. The van der Waals surface area contributed by atoms with Crippen LogP contribution >= 0.6 is 11.6 Å². The van der Waals surface area contributed by atoms with Crippen molar-refractivity contribution in [2.45, 2.75) is 31.8 Å². The highest BCUT2D eigenvalue weighted by molar-refractivity contribution is 6.34. The topological polar surface area (TPSA) is 97.3 Å². The molecule has 1 aromatic carbocycles.